The van der Waals surface area contributed by atoms with Crippen LogP contribution in [0.15, 0.2) is 0 Å². The van der Waals surface area contributed by atoms with E-state index in [1.807, 2.05) is 0 Å². The lowest BCUT2D eigenvalue weighted by atomic mass is 9.44. The van der Waals surface area contributed by atoms with Crippen molar-refractivity contribution in [3.05, 3.63) is 0 Å². The Bertz CT molecular complexity index is 486. The van der Waals surface area contributed by atoms with Crippen molar-refractivity contribution in [2.75, 3.05) is 4.43 Å². The summed E-state index contributed by atoms with van der Waals surface area (Å²) < 4.78 is 1.34. The van der Waals surface area contributed by atoms with Crippen LogP contribution in [0.4, 0.5) is 0 Å². The number of hydrogen-bond donors (Lipinski definition) is 0. The summed E-state index contributed by atoms with van der Waals surface area (Å²) in [4.78, 5) is 0. The fourth-order valence-corrected chi connectivity index (χ4v) is 10.2. The first-order valence-electron chi connectivity index (χ1n) is 11.5. The molecule has 4 aliphatic rings. The summed E-state index contributed by atoms with van der Waals surface area (Å²) >= 11 is 2.60. The third-order valence-corrected chi connectivity index (χ3v) is 10.8. The number of halogens is 1. The molecule has 0 saturated heterocycles. The summed E-state index contributed by atoms with van der Waals surface area (Å²) in [6.45, 7) is 10.7. The molecule has 4 aliphatic carbocycles. The molecule has 144 valence electrons. The van der Waals surface area contributed by atoms with Gasteiger partial charge in [0.25, 0.3) is 0 Å². The lowest BCUT2D eigenvalue weighted by Gasteiger charge is -2.61. The van der Waals surface area contributed by atoms with E-state index in [1.54, 1.807) is 44.9 Å². The fraction of sp³-hybridized carbons (Fsp3) is 1.00. The van der Waals surface area contributed by atoms with Crippen LogP contribution in [-0.4, -0.2) is 4.43 Å². The highest BCUT2D eigenvalue weighted by Gasteiger charge is 2.61. The van der Waals surface area contributed by atoms with E-state index in [2.05, 4.69) is 50.3 Å². The lowest BCUT2D eigenvalue weighted by Crippen LogP contribution is -2.53. The predicted molar refractivity (Wildman–Crippen MR) is 117 cm³/mol. The molecule has 0 aromatic carbocycles. The molecule has 0 nitrogen and oxygen atoms in total. The van der Waals surface area contributed by atoms with E-state index in [1.165, 1.54) is 23.7 Å². The van der Waals surface area contributed by atoms with Crippen molar-refractivity contribution in [3.63, 3.8) is 0 Å². The predicted octanol–water partition coefficient (Wildman–Crippen LogP) is 7.74. The van der Waals surface area contributed by atoms with E-state index >= 15 is 0 Å². The topological polar surface area (TPSA) is 0 Å². The van der Waals surface area contributed by atoms with Crippen LogP contribution in [-0.2, 0) is 0 Å². The number of alkyl halides is 1. The quantitative estimate of drug-likeness (QED) is 0.301. The molecule has 0 N–H and O–H groups in total. The second kappa shape index (κ2) is 6.96. The fourth-order valence-electron chi connectivity index (χ4n) is 9.26. The first kappa shape index (κ1) is 19.1. The molecule has 0 aromatic heterocycles. The first-order valence-corrected chi connectivity index (χ1v) is 13.0. The average Bonchev–Trinajstić information content (AvgIpc) is 2.84. The van der Waals surface area contributed by atoms with Gasteiger partial charge in [-0.15, -0.1) is 0 Å². The highest BCUT2D eigenvalue weighted by molar-refractivity contribution is 14.1. The molecule has 25 heavy (non-hydrogen) atoms. The Morgan fingerprint density at radius 1 is 0.960 bits per heavy atom. The smallest absolute Gasteiger partial charge is 0.000209 e. The van der Waals surface area contributed by atoms with Crippen molar-refractivity contribution in [2.45, 2.75) is 91.9 Å². The molecule has 4 rings (SSSR count). The molecule has 9 atom stereocenters. The third kappa shape index (κ3) is 2.87. The summed E-state index contributed by atoms with van der Waals surface area (Å²) in [5.74, 6) is 7.13. The van der Waals surface area contributed by atoms with Crippen LogP contribution in [0.25, 0.3) is 0 Å². The van der Waals surface area contributed by atoms with Crippen molar-refractivity contribution in [2.24, 2.45) is 52.3 Å². The van der Waals surface area contributed by atoms with Crippen molar-refractivity contribution in [1.82, 2.24) is 0 Å². The zero-order valence-electron chi connectivity index (χ0n) is 17.2. The van der Waals surface area contributed by atoms with E-state index in [9.17, 15) is 0 Å². The first-order chi connectivity index (χ1) is 11.9. The normalized spacial score (nSPS) is 53.6. The van der Waals surface area contributed by atoms with Gasteiger partial charge in [0, 0.05) is 0 Å². The molecule has 0 heterocycles. The summed E-state index contributed by atoms with van der Waals surface area (Å²) in [5, 5.41) is 0. The minimum absolute atomic E-state index is 0.656. The van der Waals surface area contributed by atoms with Crippen molar-refractivity contribution >= 4 is 22.6 Å². The van der Waals surface area contributed by atoms with E-state index in [0.29, 0.717) is 10.8 Å². The zero-order chi connectivity index (χ0) is 17.8. The molecule has 0 amide bonds. The van der Waals surface area contributed by atoms with Gasteiger partial charge < -0.3 is 0 Å². The van der Waals surface area contributed by atoms with Gasteiger partial charge in [0.1, 0.15) is 0 Å². The van der Waals surface area contributed by atoms with Crippen LogP contribution in [0.3, 0.4) is 0 Å². The van der Waals surface area contributed by atoms with Crippen molar-refractivity contribution in [1.29, 1.82) is 0 Å². The molecule has 0 radical (unpaired) electrons. The van der Waals surface area contributed by atoms with Gasteiger partial charge in [-0.05, 0) is 108 Å². The molecule has 0 aromatic rings. The molecule has 4 unspecified atom stereocenters. The van der Waals surface area contributed by atoms with E-state index < -0.39 is 0 Å². The Kier molecular flexibility index (Phi) is 5.31. The maximum atomic E-state index is 2.74. The van der Waals surface area contributed by atoms with Crippen LogP contribution in [0, 0.1) is 52.3 Å². The maximum Gasteiger partial charge on any atom is -0.000209 e. The van der Waals surface area contributed by atoms with Gasteiger partial charge in [0.2, 0.25) is 0 Å². The Balaban J connectivity index is 1.60. The minimum atomic E-state index is 0.656. The molecule has 0 aliphatic heterocycles. The second-order valence-electron chi connectivity index (χ2n) is 11.1. The van der Waals surface area contributed by atoms with Crippen molar-refractivity contribution in [3.8, 4) is 0 Å². The molecule has 0 bridgehead atoms. The Hall–Kier alpha value is 0.730. The highest BCUT2D eigenvalue weighted by atomic mass is 127. The van der Waals surface area contributed by atoms with Gasteiger partial charge >= 0.3 is 0 Å². The second-order valence-corrected chi connectivity index (χ2v) is 12.2. The van der Waals surface area contributed by atoms with E-state index in [0.717, 1.165) is 41.4 Å². The molecule has 1 heteroatoms. The SMILES string of the molecule is CC(CCI)[C@H]1[C@H](C)CC2C3CC[C@@H]4CCCC[C@]4(C)C3CC[C@@]21C. The Labute approximate surface area is 170 Å². The summed E-state index contributed by atoms with van der Waals surface area (Å²) in [6.07, 6.45) is 15.4. The molecular weight excluding hydrogens is 415 g/mol. The summed E-state index contributed by atoms with van der Waals surface area (Å²) in [6, 6.07) is 0. The van der Waals surface area contributed by atoms with Gasteiger partial charge in [0.15, 0.2) is 0 Å². The molecule has 0 spiro atoms. The van der Waals surface area contributed by atoms with Gasteiger partial charge in [-0.3, -0.25) is 0 Å². The van der Waals surface area contributed by atoms with Gasteiger partial charge in [-0.2, -0.15) is 0 Å². The monoisotopic (exact) mass is 456 g/mol. The minimum Gasteiger partial charge on any atom is -0.0864 e. The Morgan fingerprint density at radius 3 is 2.52 bits per heavy atom. The van der Waals surface area contributed by atoms with Crippen molar-refractivity contribution < 1.29 is 0 Å². The highest BCUT2D eigenvalue weighted by Crippen LogP contribution is 2.69. The van der Waals surface area contributed by atoms with Crippen LogP contribution >= 0.6 is 22.6 Å². The Morgan fingerprint density at radius 2 is 1.76 bits per heavy atom. The molecule has 4 saturated carbocycles. The van der Waals surface area contributed by atoms with Gasteiger partial charge in [-0.1, -0.05) is 63.1 Å². The standard InChI is InChI=1S/C24H41I/c1-16(11-14-25)22-17(2)15-21-19-9-8-18-7-5-6-12-23(18,3)20(19)10-13-24(21,22)4/h16-22H,5-15H2,1-4H3/t16?,17-,18+,19?,20?,21?,22+,23+,24+/m1/s1. The van der Waals surface area contributed by atoms with Crippen LogP contribution in [0.1, 0.15) is 91.9 Å². The summed E-state index contributed by atoms with van der Waals surface area (Å²) in [7, 11) is 0. The van der Waals surface area contributed by atoms with Crippen LogP contribution in [0.5, 0.6) is 0 Å². The third-order valence-electron chi connectivity index (χ3n) is 10.2. The number of fused-ring (bicyclic) bond motifs is 5. The summed E-state index contributed by atoms with van der Waals surface area (Å²) in [5.41, 5.74) is 1.36. The van der Waals surface area contributed by atoms with E-state index in [4.69, 9.17) is 0 Å². The van der Waals surface area contributed by atoms with Crippen LogP contribution in [0.2, 0.25) is 0 Å². The maximum absolute atomic E-state index is 2.74. The number of rotatable bonds is 3. The number of hydrogen-bond acceptors (Lipinski definition) is 0. The average molecular weight is 456 g/mol. The van der Waals surface area contributed by atoms with Gasteiger partial charge in [0.05, 0.1) is 0 Å². The zero-order valence-corrected chi connectivity index (χ0v) is 19.4. The van der Waals surface area contributed by atoms with Gasteiger partial charge in [-0.25, -0.2) is 0 Å². The lowest BCUT2D eigenvalue weighted by molar-refractivity contribution is -0.114. The van der Waals surface area contributed by atoms with Crippen LogP contribution < -0.4 is 0 Å². The molecule has 4 fully saturated rings. The van der Waals surface area contributed by atoms with E-state index in [-0.39, 0.29) is 0 Å². The molecular formula is C24H41I. The largest absolute Gasteiger partial charge is 0.0864 e.